The molecule has 1 aromatic rings. The highest BCUT2D eigenvalue weighted by Gasteiger charge is 2.16. The molecule has 100 valence electrons. The molecule has 0 aliphatic heterocycles. The summed E-state index contributed by atoms with van der Waals surface area (Å²) in [4.78, 5) is 1.10. The Bertz CT molecular complexity index is 429. The van der Waals surface area contributed by atoms with Gasteiger partial charge in [-0.15, -0.1) is 0 Å². The van der Waals surface area contributed by atoms with Gasteiger partial charge >= 0.3 is 0 Å². The fraction of sp³-hybridized carbons (Fsp3) is 0.364. The molecular formula is C11H13F3N2OS. The van der Waals surface area contributed by atoms with Gasteiger partial charge in [0, 0.05) is 12.1 Å². The third kappa shape index (κ3) is 3.85. The van der Waals surface area contributed by atoms with Crippen LogP contribution in [-0.2, 0) is 0 Å². The predicted octanol–water partition coefficient (Wildman–Crippen LogP) is 1.52. The Morgan fingerprint density at radius 2 is 2.11 bits per heavy atom. The van der Waals surface area contributed by atoms with Crippen molar-refractivity contribution in [2.24, 2.45) is 5.73 Å². The molecule has 3 N–H and O–H groups in total. The summed E-state index contributed by atoms with van der Waals surface area (Å²) in [6.07, 6.45) is -2.62. The van der Waals surface area contributed by atoms with Gasteiger partial charge in [-0.25, -0.2) is 13.2 Å². The van der Waals surface area contributed by atoms with Gasteiger partial charge in [0.15, 0.2) is 0 Å². The van der Waals surface area contributed by atoms with Crippen LogP contribution >= 0.6 is 12.2 Å². The summed E-state index contributed by atoms with van der Waals surface area (Å²) in [6, 6.07) is 3.87. The zero-order valence-corrected chi connectivity index (χ0v) is 10.3. The molecule has 0 aliphatic carbocycles. The Balaban J connectivity index is 3.01. The monoisotopic (exact) mass is 278 g/mol. The molecule has 0 radical (unpaired) electrons. The second-order valence-electron chi connectivity index (χ2n) is 3.59. The number of hydrogen-bond donors (Lipinski definition) is 2. The average Bonchev–Trinajstić information content (AvgIpc) is 2.27. The lowest BCUT2D eigenvalue weighted by Gasteiger charge is -2.24. The summed E-state index contributed by atoms with van der Waals surface area (Å²) >= 11 is 4.69. The molecule has 1 rings (SSSR count). The van der Waals surface area contributed by atoms with Crippen molar-refractivity contribution >= 4 is 22.9 Å². The van der Waals surface area contributed by atoms with Crippen molar-refractivity contribution in [3.8, 4) is 0 Å². The minimum absolute atomic E-state index is 0.00986. The van der Waals surface area contributed by atoms with Crippen LogP contribution in [0.15, 0.2) is 18.2 Å². The van der Waals surface area contributed by atoms with Gasteiger partial charge in [0.25, 0.3) is 6.43 Å². The lowest BCUT2D eigenvalue weighted by molar-refractivity contribution is 0.152. The molecule has 0 saturated carbocycles. The number of anilines is 1. The first-order valence-electron chi connectivity index (χ1n) is 5.19. The van der Waals surface area contributed by atoms with E-state index in [1.165, 1.54) is 12.1 Å². The van der Waals surface area contributed by atoms with Crippen molar-refractivity contribution < 1.29 is 18.3 Å². The first-order valence-corrected chi connectivity index (χ1v) is 5.60. The molecule has 0 unspecified atom stereocenters. The summed E-state index contributed by atoms with van der Waals surface area (Å²) < 4.78 is 38.4. The number of aliphatic hydroxyl groups is 1. The highest BCUT2D eigenvalue weighted by molar-refractivity contribution is 7.80. The van der Waals surface area contributed by atoms with Crippen LogP contribution in [0.3, 0.4) is 0 Å². The van der Waals surface area contributed by atoms with Gasteiger partial charge < -0.3 is 15.7 Å². The number of thiocarbonyl (C=S) groups is 1. The van der Waals surface area contributed by atoms with Gasteiger partial charge in [-0.2, -0.15) is 0 Å². The summed E-state index contributed by atoms with van der Waals surface area (Å²) in [5.74, 6) is -0.700. The Hall–Kier alpha value is -1.34. The Morgan fingerprint density at radius 3 is 2.56 bits per heavy atom. The molecule has 0 aliphatic rings. The number of alkyl halides is 2. The van der Waals surface area contributed by atoms with Crippen LogP contribution in [0.2, 0.25) is 0 Å². The molecule has 0 atom stereocenters. The van der Waals surface area contributed by atoms with Gasteiger partial charge in [-0.05, 0) is 18.2 Å². The molecule has 0 aromatic heterocycles. The fourth-order valence-electron chi connectivity index (χ4n) is 1.51. The van der Waals surface area contributed by atoms with Gasteiger partial charge in [0.1, 0.15) is 10.8 Å². The van der Waals surface area contributed by atoms with Crippen molar-refractivity contribution in [2.45, 2.75) is 6.43 Å². The molecule has 7 heteroatoms. The quantitative estimate of drug-likeness (QED) is 0.775. The Labute approximate surface area is 108 Å². The number of nitrogens with two attached hydrogens (primary N) is 1. The van der Waals surface area contributed by atoms with Crippen LogP contribution in [0.25, 0.3) is 0 Å². The number of rotatable bonds is 6. The zero-order valence-electron chi connectivity index (χ0n) is 9.44. The van der Waals surface area contributed by atoms with Gasteiger partial charge in [0.05, 0.1) is 18.8 Å². The zero-order chi connectivity index (χ0) is 13.7. The summed E-state index contributed by atoms with van der Waals surface area (Å²) in [6.45, 7) is -1.07. The van der Waals surface area contributed by atoms with E-state index in [1.54, 1.807) is 0 Å². The maximum atomic E-state index is 13.8. The molecule has 0 heterocycles. The van der Waals surface area contributed by atoms with Crippen molar-refractivity contribution in [2.75, 3.05) is 24.6 Å². The second kappa shape index (κ2) is 6.55. The molecule has 3 nitrogen and oxygen atoms in total. The van der Waals surface area contributed by atoms with Gasteiger partial charge in [0.2, 0.25) is 0 Å². The third-order valence-electron chi connectivity index (χ3n) is 2.30. The standard InChI is InChI=1S/C11H13F3N2OS/c12-8-5-7(11(15)18)1-2-9(8)16(3-4-17)6-10(13)14/h1-2,5,10,17H,3-4,6H2,(H2,15,18). The summed E-state index contributed by atoms with van der Waals surface area (Å²) in [5.41, 5.74) is 5.66. The number of hydrogen-bond acceptors (Lipinski definition) is 3. The summed E-state index contributed by atoms with van der Waals surface area (Å²) in [5, 5.41) is 8.79. The minimum atomic E-state index is -2.62. The molecule has 0 bridgehead atoms. The van der Waals surface area contributed by atoms with E-state index in [-0.39, 0.29) is 23.8 Å². The smallest absolute Gasteiger partial charge is 0.255 e. The van der Waals surface area contributed by atoms with E-state index in [0.29, 0.717) is 5.56 Å². The van der Waals surface area contributed by atoms with E-state index in [1.807, 2.05) is 0 Å². The van der Waals surface area contributed by atoms with Gasteiger partial charge in [-0.1, -0.05) is 12.2 Å². The lowest BCUT2D eigenvalue weighted by Crippen LogP contribution is -2.32. The third-order valence-corrected chi connectivity index (χ3v) is 2.54. The van der Waals surface area contributed by atoms with Crippen LogP contribution < -0.4 is 10.6 Å². The van der Waals surface area contributed by atoms with Crippen LogP contribution in [0.4, 0.5) is 18.9 Å². The highest BCUT2D eigenvalue weighted by atomic mass is 32.1. The Morgan fingerprint density at radius 1 is 1.44 bits per heavy atom. The van der Waals surface area contributed by atoms with Gasteiger partial charge in [-0.3, -0.25) is 0 Å². The van der Waals surface area contributed by atoms with Crippen LogP contribution in [-0.4, -0.2) is 36.2 Å². The van der Waals surface area contributed by atoms with E-state index in [0.717, 1.165) is 11.0 Å². The van der Waals surface area contributed by atoms with E-state index in [2.05, 4.69) is 12.2 Å². The predicted molar refractivity (Wildman–Crippen MR) is 67.6 cm³/mol. The molecule has 0 amide bonds. The van der Waals surface area contributed by atoms with Crippen molar-refractivity contribution in [1.82, 2.24) is 0 Å². The maximum Gasteiger partial charge on any atom is 0.255 e. The van der Waals surface area contributed by atoms with Crippen LogP contribution in [0.5, 0.6) is 0 Å². The summed E-state index contributed by atoms with van der Waals surface area (Å²) in [7, 11) is 0. The van der Waals surface area contributed by atoms with Crippen LogP contribution in [0.1, 0.15) is 5.56 Å². The molecule has 18 heavy (non-hydrogen) atoms. The molecule has 0 saturated heterocycles. The largest absolute Gasteiger partial charge is 0.395 e. The van der Waals surface area contributed by atoms with E-state index in [4.69, 9.17) is 10.8 Å². The second-order valence-corrected chi connectivity index (χ2v) is 4.03. The minimum Gasteiger partial charge on any atom is -0.395 e. The van der Waals surface area contributed by atoms with Crippen LogP contribution in [0, 0.1) is 5.82 Å². The van der Waals surface area contributed by atoms with Crippen molar-refractivity contribution in [3.63, 3.8) is 0 Å². The van der Waals surface area contributed by atoms with Crippen molar-refractivity contribution in [1.29, 1.82) is 0 Å². The van der Waals surface area contributed by atoms with Crippen molar-refractivity contribution in [3.05, 3.63) is 29.6 Å². The number of halogens is 3. The average molecular weight is 278 g/mol. The lowest BCUT2D eigenvalue weighted by atomic mass is 10.2. The Kier molecular flexibility index (Phi) is 5.36. The molecular weight excluding hydrogens is 265 g/mol. The number of aliphatic hydroxyl groups excluding tert-OH is 1. The first-order chi connectivity index (χ1) is 8.45. The first kappa shape index (κ1) is 14.7. The fourth-order valence-corrected chi connectivity index (χ4v) is 1.64. The molecule has 1 aromatic carbocycles. The van der Waals surface area contributed by atoms with E-state index < -0.39 is 18.8 Å². The number of benzene rings is 1. The SMILES string of the molecule is NC(=S)c1ccc(N(CCO)CC(F)F)c(F)c1. The molecule has 0 fully saturated rings. The van der Waals surface area contributed by atoms with E-state index in [9.17, 15) is 13.2 Å². The topological polar surface area (TPSA) is 49.5 Å². The molecule has 0 spiro atoms. The highest BCUT2D eigenvalue weighted by Crippen LogP contribution is 2.21. The number of nitrogens with zero attached hydrogens (tertiary/aromatic N) is 1. The van der Waals surface area contributed by atoms with E-state index >= 15 is 0 Å². The normalized spacial score (nSPS) is 10.7. The maximum absolute atomic E-state index is 13.8.